The first kappa shape index (κ1) is 23.1. The van der Waals surface area contributed by atoms with E-state index >= 15 is 0 Å². The molecule has 182 valence electrons. The van der Waals surface area contributed by atoms with Gasteiger partial charge in [-0.1, -0.05) is 0 Å². The molecule has 0 radical (unpaired) electrons. The molecule has 35 heavy (non-hydrogen) atoms. The average Bonchev–Trinajstić information content (AvgIpc) is 3.14. The molecule has 3 aromatic rings. The van der Waals surface area contributed by atoms with Crippen molar-refractivity contribution in [3.63, 3.8) is 0 Å². The van der Waals surface area contributed by atoms with Gasteiger partial charge in [-0.15, -0.1) is 0 Å². The third kappa shape index (κ3) is 4.30. The summed E-state index contributed by atoms with van der Waals surface area (Å²) in [6.07, 6.45) is 5.86. The number of aromatic nitrogens is 3. The van der Waals surface area contributed by atoms with Crippen LogP contribution in [-0.2, 0) is 4.79 Å². The number of nitrogens with zero attached hydrogens (tertiary/aromatic N) is 5. The molecule has 1 saturated carbocycles. The minimum Gasteiger partial charge on any atom is -0.489 e. The second-order valence-electron chi connectivity index (χ2n) is 10.8. The Hall–Kier alpha value is -3.64. The summed E-state index contributed by atoms with van der Waals surface area (Å²) in [6.45, 7) is 9.53. The highest BCUT2D eigenvalue weighted by Crippen LogP contribution is 2.57. The van der Waals surface area contributed by atoms with Gasteiger partial charge < -0.3 is 20.1 Å². The maximum absolute atomic E-state index is 10.9. The second kappa shape index (κ2) is 8.24. The van der Waals surface area contributed by atoms with E-state index in [1.807, 2.05) is 24.4 Å². The third-order valence-corrected chi connectivity index (χ3v) is 7.14. The normalized spacial score (nSPS) is 21.5. The number of aliphatic hydroxyl groups is 1. The number of piperidine rings is 1. The Morgan fingerprint density at radius 1 is 1.26 bits per heavy atom. The molecule has 0 bridgehead atoms. The first-order valence-electron chi connectivity index (χ1n) is 11.8. The van der Waals surface area contributed by atoms with Gasteiger partial charge >= 0.3 is 0 Å². The minimum absolute atomic E-state index is 0.124. The second-order valence-corrected chi connectivity index (χ2v) is 10.8. The van der Waals surface area contributed by atoms with Crippen molar-refractivity contribution >= 4 is 17.7 Å². The fourth-order valence-electron chi connectivity index (χ4n) is 5.50. The van der Waals surface area contributed by atoms with Crippen molar-refractivity contribution in [2.75, 3.05) is 24.6 Å². The summed E-state index contributed by atoms with van der Waals surface area (Å²) in [5.74, 6) is 3.08. The molecule has 1 amide bonds. The number of hydrogen-bond donors (Lipinski definition) is 2. The molecule has 2 fully saturated rings. The van der Waals surface area contributed by atoms with Crippen molar-refractivity contribution in [1.29, 1.82) is 5.26 Å². The Labute approximate surface area is 204 Å². The van der Waals surface area contributed by atoms with Gasteiger partial charge in [0.25, 0.3) is 0 Å². The van der Waals surface area contributed by atoms with Crippen LogP contribution >= 0.6 is 0 Å². The van der Waals surface area contributed by atoms with E-state index < -0.39 is 5.60 Å². The highest BCUT2D eigenvalue weighted by Gasteiger charge is 2.61. The number of anilines is 1. The van der Waals surface area contributed by atoms with Crippen LogP contribution < -0.4 is 15.0 Å². The number of amides is 1. The molecule has 2 aliphatic rings. The van der Waals surface area contributed by atoms with Crippen molar-refractivity contribution in [3.8, 4) is 22.9 Å². The molecule has 0 spiro atoms. The minimum atomic E-state index is -0.978. The van der Waals surface area contributed by atoms with E-state index in [4.69, 9.17) is 9.72 Å². The lowest BCUT2D eigenvalue weighted by Crippen LogP contribution is -2.43. The molecule has 1 saturated heterocycles. The summed E-state index contributed by atoms with van der Waals surface area (Å²) < 4.78 is 7.44. The van der Waals surface area contributed by atoms with Gasteiger partial charge in [-0.25, -0.2) is 9.50 Å². The van der Waals surface area contributed by atoms with E-state index in [-0.39, 0.29) is 12.1 Å². The van der Waals surface area contributed by atoms with Crippen LogP contribution in [0.2, 0.25) is 0 Å². The van der Waals surface area contributed by atoms with Crippen LogP contribution in [0.15, 0.2) is 36.8 Å². The molecule has 3 aromatic heterocycles. The van der Waals surface area contributed by atoms with E-state index in [9.17, 15) is 15.2 Å². The number of rotatable bonds is 8. The van der Waals surface area contributed by atoms with E-state index in [1.165, 1.54) is 6.20 Å². The topological polar surface area (TPSA) is 116 Å². The highest BCUT2D eigenvalue weighted by atomic mass is 16.5. The lowest BCUT2D eigenvalue weighted by molar-refractivity contribution is -0.111. The fourth-order valence-corrected chi connectivity index (χ4v) is 5.50. The van der Waals surface area contributed by atoms with E-state index in [1.54, 1.807) is 24.6 Å². The number of nitriles is 1. The largest absolute Gasteiger partial charge is 0.489 e. The highest BCUT2D eigenvalue weighted by molar-refractivity contribution is 5.85. The van der Waals surface area contributed by atoms with Crippen LogP contribution in [0.3, 0.4) is 0 Å². The van der Waals surface area contributed by atoms with Crippen LogP contribution in [0.4, 0.5) is 5.82 Å². The van der Waals surface area contributed by atoms with Gasteiger partial charge in [0.2, 0.25) is 6.41 Å². The van der Waals surface area contributed by atoms with Crippen LogP contribution in [-0.4, -0.2) is 57.0 Å². The summed E-state index contributed by atoms with van der Waals surface area (Å²) in [7, 11) is 0. The monoisotopic (exact) mass is 474 g/mol. The molecular formula is C26H30N6O3. The quantitative estimate of drug-likeness (QED) is 0.482. The smallest absolute Gasteiger partial charge is 0.207 e. The number of carbonyl (C=O) groups excluding carboxylic acids is 1. The van der Waals surface area contributed by atoms with Gasteiger partial charge in [-0.3, -0.25) is 4.79 Å². The Bertz CT molecular complexity index is 1290. The molecule has 9 heteroatoms. The van der Waals surface area contributed by atoms with Crippen LogP contribution in [0.5, 0.6) is 5.75 Å². The van der Waals surface area contributed by atoms with Gasteiger partial charge in [-0.05, 0) is 63.6 Å². The first-order valence-corrected chi connectivity index (χ1v) is 11.8. The molecule has 0 aromatic carbocycles. The fraction of sp³-hybridized carbons (Fsp3) is 0.462. The molecule has 1 aliphatic heterocycles. The Kier molecular flexibility index (Phi) is 5.44. The number of ether oxygens (including phenoxy) is 1. The van der Waals surface area contributed by atoms with Crippen LogP contribution in [0, 0.1) is 29.1 Å². The Morgan fingerprint density at radius 3 is 2.60 bits per heavy atom. The van der Waals surface area contributed by atoms with Gasteiger partial charge in [0.1, 0.15) is 24.2 Å². The van der Waals surface area contributed by atoms with Crippen molar-refractivity contribution in [2.24, 2.45) is 17.8 Å². The molecule has 5 rings (SSSR count). The van der Waals surface area contributed by atoms with Gasteiger partial charge in [0, 0.05) is 36.0 Å². The maximum Gasteiger partial charge on any atom is 0.207 e. The summed E-state index contributed by atoms with van der Waals surface area (Å²) in [5.41, 5.74) is 1.63. The summed E-state index contributed by atoms with van der Waals surface area (Å²) in [4.78, 5) is 18.0. The first-order chi connectivity index (χ1) is 16.6. The molecule has 3 atom stereocenters. The summed E-state index contributed by atoms with van der Waals surface area (Å²) in [5, 5.41) is 26.9. The lowest BCUT2D eigenvalue weighted by atomic mass is 9.95. The number of hydrogen-bond acceptors (Lipinski definition) is 7. The van der Waals surface area contributed by atoms with Gasteiger partial charge in [0.15, 0.2) is 0 Å². The predicted molar refractivity (Wildman–Crippen MR) is 131 cm³/mol. The molecule has 9 nitrogen and oxygen atoms in total. The zero-order chi connectivity index (χ0) is 25.0. The molecule has 2 N–H and O–H groups in total. The number of carbonyl (C=O) groups is 1. The average molecular weight is 475 g/mol. The van der Waals surface area contributed by atoms with Crippen LogP contribution in [0.1, 0.15) is 33.3 Å². The van der Waals surface area contributed by atoms with E-state index in [0.717, 1.165) is 36.4 Å². The van der Waals surface area contributed by atoms with Crippen LogP contribution in [0.25, 0.3) is 16.6 Å². The maximum atomic E-state index is 10.9. The molecule has 1 aliphatic carbocycles. The zero-order valence-corrected chi connectivity index (χ0v) is 20.4. The molecule has 0 unspecified atom stereocenters. The van der Waals surface area contributed by atoms with Crippen molar-refractivity contribution in [2.45, 2.75) is 38.8 Å². The Morgan fingerprint density at radius 2 is 2.00 bits per heavy atom. The summed E-state index contributed by atoms with van der Waals surface area (Å²) in [6, 6.07) is 8.08. The van der Waals surface area contributed by atoms with E-state index in [2.05, 4.69) is 35.2 Å². The Balaban J connectivity index is 1.38. The SMILES string of the molecule is CC(C)(O)COc1cc(-c2ccc(N3C[C@@H]4[C@H](C3)[C@H]4C(C)(C)NC=O)nc2)c2c(C#N)cnn2c1. The third-order valence-electron chi connectivity index (χ3n) is 7.14. The van der Waals surface area contributed by atoms with Gasteiger partial charge in [0.05, 0.1) is 29.1 Å². The molecular weight excluding hydrogens is 444 g/mol. The number of nitrogens with one attached hydrogen (secondary N) is 1. The number of fused-ring (bicyclic) bond motifs is 2. The number of pyridine rings is 2. The molecule has 4 heterocycles. The van der Waals surface area contributed by atoms with E-state index in [0.29, 0.717) is 34.6 Å². The predicted octanol–water partition coefficient (Wildman–Crippen LogP) is 2.62. The van der Waals surface area contributed by atoms with Crippen molar-refractivity contribution < 1.29 is 14.6 Å². The zero-order valence-electron chi connectivity index (χ0n) is 20.4. The summed E-state index contributed by atoms with van der Waals surface area (Å²) >= 11 is 0. The van der Waals surface area contributed by atoms with Crippen molar-refractivity contribution in [3.05, 3.63) is 42.4 Å². The van der Waals surface area contributed by atoms with Crippen molar-refractivity contribution in [1.82, 2.24) is 19.9 Å². The standard InChI is InChI=1S/C26H30N6O3/c1-25(2,34)14-35-18-7-19(24-17(8-27)10-30-32(24)11-18)16-5-6-22(28-9-16)31-12-20-21(13-31)23(20)26(3,4)29-15-33/h5-7,9-11,15,20-21,23,34H,12-14H2,1-4H3,(H,29,33)/t20-,21+,23+. The van der Waals surface area contributed by atoms with Gasteiger partial charge in [-0.2, -0.15) is 10.4 Å². The lowest BCUT2D eigenvalue weighted by Gasteiger charge is -2.29.